The van der Waals surface area contributed by atoms with Gasteiger partial charge in [-0.15, -0.1) is 0 Å². The van der Waals surface area contributed by atoms with E-state index in [1.807, 2.05) is 0 Å². The van der Waals surface area contributed by atoms with Gasteiger partial charge in [-0.2, -0.15) is 0 Å². The second kappa shape index (κ2) is 10.4. The standard InChI is InChI=1S/C10H22O4S.K/c1-3-4-5-6-7-10(8-9(2)11)15(12,13)14;/h9-11H,3-8H2,1-2H3,(H,12,13,14);/q;+1/p-1. The molecule has 0 saturated heterocycles. The molecule has 0 aliphatic rings. The van der Waals surface area contributed by atoms with Gasteiger partial charge in [-0.05, 0) is 19.8 Å². The Balaban J connectivity index is 0. The normalized spacial score (nSPS) is 15.2. The third-order valence-corrected chi connectivity index (χ3v) is 3.64. The molecule has 0 bridgehead atoms. The fourth-order valence-electron chi connectivity index (χ4n) is 1.56. The number of aliphatic hydroxyl groups excluding tert-OH is 1. The first kappa shape index (κ1) is 19.8. The summed E-state index contributed by atoms with van der Waals surface area (Å²) < 4.78 is 32.6. The van der Waals surface area contributed by atoms with E-state index in [0.29, 0.717) is 6.42 Å². The van der Waals surface area contributed by atoms with Crippen LogP contribution >= 0.6 is 0 Å². The largest absolute Gasteiger partial charge is 1.00 e. The minimum absolute atomic E-state index is 0. The van der Waals surface area contributed by atoms with Crippen molar-refractivity contribution in [2.45, 2.75) is 63.7 Å². The van der Waals surface area contributed by atoms with Crippen molar-refractivity contribution in [2.24, 2.45) is 0 Å². The molecule has 2 atom stereocenters. The minimum Gasteiger partial charge on any atom is -0.748 e. The molecule has 0 radical (unpaired) electrons. The van der Waals surface area contributed by atoms with Gasteiger partial charge in [-0.3, -0.25) is 0 Å². The smallest absolute Gasteiger partial charge is 0.748 e. The maximum Gasteiger partial charge on any atom is 1.00 e. The maximum atomic E-state index is 10.9. The van der Waals surface area contributed by atoms with Gasteiger partial charge in [0, 0.05) is 0 Å². The van der Waals surface area contributed by atoms with Crippen LogP contribution in [-0.2, 0) is 10.1 Å². The Morgan fingerprint density at radius 2 is 1.81 bits per heavy atom. The van der Waals surface area contributed by atoms with Gasteiger partial charge < -0.3 is 9.66 Å². The summed E-state index contributed by atoms with van der Waals surface area (Å²) in [5.74, 6) is 0. The van der Waals surface area contributed by atoms with Gasteiger partial charge in [0.2, 0.25) is 0 Å². The molecule has 1 N–H and O–H groups in total. The summed E-state index contributed by atoms with van der Waals surface area (Å²) in [6.07, 6.45) is 3.51. The van der Waals surface area contributed by atoms with Crippen LogP contribution in [0.2, 0.25) is 0 Å². The second-order valence-corrected chi connectivity index (χ2v) is 5.70. The quantitative estimate of drug-likeness (QED) is 0.338. The molecule has 0 fully saturated rings. The molecule has 16 heavy (non-hydrogen) atoms. The molecule has 0 aromatic carbocycles. The van der Waals surface area contributed by atoms with Crippen LogP contribution in [0.4, 0.5) is 0 Å². The molecule has 2 unspecified atom stereocenters. The first-order chi connectivity index (χ1) is 6.88. The van der Waals surface area contributed by atoms with Crippen LogP contribution in [0, 0.1) is 0 Å². The van der Waals surface area contributed by atoms with E-state index >= 15 is 0 Å². The average Bonchev–Trinajstić information content (AvgIpc) is 2.08. The second-order valence-electron chi connectivity index (χ2n) is 4.05. The van der Waals surface area contributed by atoms with Crippen LogP contribution in [-0.4, -0.2) is 29.4 Å². The van der Waals surface area contributed by atoms with Crippen LogP contribution in [0.25, 0.3) is 0 Å². The van der Waals surface area contributed by atoms with E-state index in [4.69, 9.17) is 5.11 Å². The summed E-state index contributed by atoms with van der Waals surface area (Å²) in [6, 6.07) is 0. The van der Waals surface area contributed by atoms with E-state index in [-0.39, 0.29) is 57.8 Å². The van der Waals surface area contributed by atoms with Crippen molar-refractivity contribution < 1.29 is 69.5 Å². The Bertz CT molecular complexity index is 252. The Morgan fingerprint density at radius 1 is 1.25 bits per heavy atom. The molecule has 6 heteroatoms. The molecule has 0 aromatic heterocycles. The predicted octanol–water partition coefficient (Wildman–Crippen LogP) is -1.35. The number of unbranched alkanes of at least 4 members (excludes halogenated alkanes) is 3. The maximum absolute atomic E-state index is 10.9. The minimum atomic E-state index is -4.26. The topological polar surface area (TPSA) is 77.4 Å². The van der Waals surface area contributed by atoms with Gasteiger partial charge in [0.15, 0.2) is 0 Å². The van der Waals surface area contributed by atoms with Crippen molar-refractivity contribution in [1.29, 1.82) is 0 Å². The van der Waals surface area contributed by atoms with Gasteiger partial charge in [0.1, 0.15) is 0 Å². The molecule has 0 amide bonds. The van der Waals surface area contributed by atoms with Gasteiger partial charge >= 0.3 is 51.4 Å². The summed E-state index contributed by atoms with van der Waals surface area (Å²) in [4.78, 5) is 0. The summed E-state index contributed by atoms with van der Waals surface area (Å²) in [5.41, 5.74) is 0. The molecule has 0 saturated carbocycles. The van der Waals surface area contributed by atoms with Crippen LogP contribution < -0.4 is 51.4 Å². The molecular formula is C10H21KO4S. The fourth-order valence-corrected chi connectivity index (χ4v) is 2.53. The average molecular weight is 276 g/mol. The number of rotatable bonds is 8. The van der Waals surface area contributed by atoms with Gasteiger partial charge in [0.25, 0.3) is 0 Å². The van der Waals surface area contributed by atoms with E-state index in [0.717, 1.165) is 25.7 Å². The third kappa shape index (κ3) is 10.6. The first-order valence-electron chi connectivity index (χ1n) is 5.50. The molecule has 0 aliphatic carbocycles. The zero-order chi connectivity index (χ0) is 11.9. The monoisotopic (exact) mass is 276 g/mol. The van der Waals surface area contributed by atoms with Gasteiger partial charge in [-0.1, -0.05) is 32.6 Å². The van der Waals surface area contributed by atoms with E-state index in [1.54, 1.807) is 0 Å². The van der Waals surface area contributed by atoms with Gasteiger partial charge in [-0.25, -0.2) is 8.42 Å². The van der Waals surface area contributed by atoms with Gasteiger partial charge in [0.05, 0.1) is 21.5 Å². The molecule has 0 aromatic rings. The summed E-state index contributed by atoms with van der Waals surface area (Å²) in [7, 11) is -4.26. The third-order valence-electron chi connectivity index (χ3n) is 2.39. The Morgan fingerprint density at radius 3 is 2.19 bits per heavy atom. The summed E-state index contributed by atoms with van der Waals surface area (Å²) in [5, 5.41) is 8.16. The summed E-state index contributed by atoms with van der Waals surface area (Å²) in [6.45, 7) is 3.57. The Labute approximate surface area is 141 Å². The predicted molar refractivity (Wildman–Crippen MR) is 58.5 cm³/mol. The van der Waals surface area contributed by atoms with E-state index in [1.165, 1.54) is 6.92 Å². The molecule has 0 heterocycles. The van der Waals surface area contributed by atoms with Crippen LogP contribution in [0.1, 0.15) is 52.4 Å². The van der Waals surface area contributed by atoms with E-state index in [9.17, 15) is 13.0 Å². The summed E-state index contributed by atoms with van der Waals surface area (Å²) >= 11 is 0. The molecule has 4 nitrogen and oxygen atoms in total. The zero-order valence-corrected chi connectivity index (χ0v) is 14.4. The van der Waals surface area contributed by atoms with Crippen molar-refractivity contribution in [3.8, 4) is 0 Å². The fraction of sp³-hybridized carbons (Fsp3) is 1.00. The number of aliphatic hydroxyl groups is 1. The van der Waals surface area contributed by atoms with Crippen molar-refractivity contribution in [2.75, 3.05) is 0 Å². The molecule has 0 aliphatic heterocycles. The molecular weight excluding hydrogens is 255 g/mol. The van der Waals surface area contributed by atoms with Crippen molar-refractivity contribution in [3.05, 3.63) is 0 Å². The number of hydrogen-bond donors (Lipinski definition) is 1. The molecule has 92 valence electrons. The van der Waals surface area contributed by atoms with Crippen LogP contribution in [0.5, 0.6) is 0 Å². The molecule has 0 rings (SSSR count). The van der Waals surface area contributed by atoms with Crippen molar-refractivity contribution in [1.82, 2.24) is 0 Å². The van der Waals surface area contributed by atoms with Crippen LogP contribution in [0.15, 0.2) is 0 Å². The van der Waals surface area contributed by atoms with E-state index in [2.05, 4.69) is 6.92 Å². The SMILES string of the molecule is CCCCCCC(CC(C)O)S(=O)(=O)[O-].[K+]. The molecule has 0 spiro atoms. The zero-order valence-electron chi connectivity index (χ0n) is 10.5. The Hall–Kier alpha value is 1.51. The van der Waals surface area contributed by atoms with Crippen LogP contribution in [0.3, 0.4) is 0 Å². The van der Waals surface area contributed by atoms with Crippen molar-refractivity contribution in [3.63, 3.8) is 0 Å². The number of hydrogen-bond acceptors (Lipinski definition) is 4. The van der Waals surface area contributed by atoms with Crippen molar-refractivity contribution >= 4 is 10.1 Å². The first-order valence-corrected chi connectivity index (χ1v) is 6.97. The van der Waals surface area contributed by atoms with E-state index < -0.39 is 21.5 Å². The Kier molecular flexibility index (Phi) is 12.9.